The van der Waals surface area contributed by atoms with Gasteiger partial charge in [-0.1, -0.05) is 135 Å². The van der Waals surface area contributed by atoms with Gasteiger partial charge in [-0.2, -0.15) is 0 Å². The number of benzene rings is 7. The van der Waals surface area contributed by atoms with Crippen molar-refractivity contribution in [3.8, 4) is 22.3 Å². The lowest BCUT2D eigenvalue weighted by molar-refractivity contribution is 0.599. The van der Waals surface area contributed by atoms with E-state index in [4.69, 9.17) is 13.8 Å². The fourth-order valence-corrected chi connectivity index (χ4v) is 8.63. The van der Waals surface area contributed by atoms with Gasteiger partial charge in [-0.15, -0.1) is 0 Å². The van der Waals surface area contributed by atoms with E-state index < -0.39 is 0 Å². The number of rotatable bonds is 3. The summed E-state index contributed by atoms with van der Waals surface area (Å²) in [6.45, 7) is 4.72. The van der Waals surface area contributed by atoms with Crippen molar-refractivity contribution in [3.05, 3.63) is 174 Å². The molecule has 0 bridgehead atoms. The Morgan fingerprint density at radius 1 is 0.569 bits per heavy atom. The first-order chi connectivity index (χ1) is 25.0. The van der Waals surface area contributed by atoms with Crippen LogP contribution in [0.25, 0.3) is 65.9 Å². The van der Waals surface area contributed by atoms with Crippen molar-refractivity contribution in [1.82, 2.24) is 0 Å². The van der Waals surface area contributed by atoms with Crippen LogP contribution in [-0.4, -0.2) is 5.71 Å². The van der Waals surface area contributed by atoms with Gasteiger partial charge in [0, 0.05) is 38.3 Å². The minimum Gasteiger partial charge on any atom is -0.455 e. The second-order valence-electron chi connectivity index (χ2n) is 14.3. The summed E-state index contributed by atoms with van der Waals surface area (Å²) in [6, 6.07) is 51.6. The Bertz CT molecular complexity index is 2930. The minimum atomic E-state index is -0.290. The van der Waals surface area contributed by atoms with E-state index in [0.29, 0.717) is 0 Å². The molecule has 1 aliphatic heterocycles. The summed E-state index contributed by atoms with van der Waals surface area (Å²) in [7, 11) is 0. The van der Waals surface area contributed by atoms with E-state index in [2.05, 4.69) is 140 Å². The third-order valence-corrected chi connectivity index (χ3v) is 11.1. The second kappa shape index (κ2) is 10.3. The summed E-state index contributed by atoms with van der Waals surface area (Å²) >= 11 is 0. The van der Waals surface area contributed by atoms with E-state index in [9.17, 15) is 0 Å². The van der Waals surface area contributed by atoms with Crippen molar-refractivity contribution in [2.24, 2.45) is 4.99 Å². The summed E-state index contributed by atoms with van der Waals surface area (Å²) < 4.78 is 13.1. The smallest absolute Gasteiger partial charge is 0.177 e. The Morgan fingerprint density at radius 2 is 1.27 bits per heavy atom. The van der Waals surface area contributed by atoms with Crippen LogP contribution in [0.3, 0.4) is 0 Å². The molecule has 11 rings (SSSR count). The summed E-state index contributed by atoms with van der Waals surface area (Å²) in [4.78, 5) is 5.35. The van der Waals surface area contributed by atoms with E-state index in [-0.39, 0.29) is 11.6 Å². The Hall–Kier alpha value is -6.39. The van der Waals surface area contributed by atoms with Crippen molar-refractivity contribution in [2.75, 3.05) is 5.32 Å². The topological polar surface area (TPSA) is 50.7 Å². The van der Waals surface area contributed by atoms with Gasteiger partial charge in [0.1, 0.15) is 28.6 Å². The zero-order chi connectivity index (χ0) is 33.8. The van der Waals surface area contributed by atoms with Crippen LogP contribution >= 0.6 is 0 Å². The molecule has 1 unspecified atom stereocenters. The molecule has 1 N–H and O–H groups in total. The molecule has 9 aromatic rings. The lowest BCUT2D eigenvalue weighted by atomic mass is 9.80. The van der Waals surface area contributed by atoms with E-state index >= 15 is 0 Å². The van der Waals surface area contributed by atoms with Crippen molar-refractivity contribution in [3.63, 3.8) is 0 Å². The van der Waals surface area contributed by atoms with E-state index in [1.165, 1.54) is 38.6 Å². The lowest BCUT2D eigenvalue weighted by Crippen LogP contribution is -2.20. The number of para-hydroxylation sites is 3. The number of anilines is 1. The van der Waals surface area contributed by atoms with Gasteiger partial charge >= 0.3 is 0 Å². The molecule has 0 amide bonds. The van der Waals surface area contributed by atoms with Crippen LogP contribution in [-0.2, 0) is 5.41 Å². The molecular formula is C47H32N2O2. The maximum Gasteiger partial charge on any atom is 0.177 e. The number of furan rings is 2. The molecule has 0 fully saturated rings. The first kappa shape index (κ1) is 28.4. The average Bonchev–Trinajstić information content (AvgIpc) is 3.82. The van der Waals surface area contributed by atoms with Crippen molar-refractivity contribution < 1.29 is 8.83 Å². The third kappa shape index (κ3) is 3.99. The second-order valence-corrected chi connectivity index (χ2v) is 14.3. The largest absolute Gasteiger partial charge is 0.455 e. The number of nitrogens with zero attached hydrogens (tertiary/aromatic N) is 1. The molecule has 1 atom stereocenters. The highest BCUT2D eigenvalue weighted by molar-refractivity contribution is 6.19. The van der Waals surface area contributed by atoms with Gasteiger partial charge in [0.25, 0.3) is 0 Å². The molecule has 242 valence electrons. The predicted octanol–water partition coefficient (Wildman–Crippen LogP) is 12.4. The molecular weight excluding hydrogens is 625 g/mol. The number of fused-ring (bicyclic) bond motifs is 10. The van der Waals surface area contributed by atoms with Crippen LogP contribution in [0.4, 0.5) is 5.69 Å². The number of hydrogen-bond donors (Lipinski definition) is 1. The maximum atomic E-state index is 6.65. The van der Waals surface area contributed by atoms with Crippen molar-refractivity contribution >= 4 is 55.1 Å². The standard InChI is InChI=1S/C47H32N2O2/c1-47(2)36-26-29(46-48-42(27-13-4-3-5-14-27)45-43(49-46)34-18-9-11-22-39(34)51-45)23-24-33(36)41-37(47)25-28-15-6-7-16-30(28)40(41)35-20-12-19-32-31-17-8-10-21-38(31)50-44(32)35/h3-26,46,49H,1-2H3. The molecule has 2 aromatic heterocycles. The maximum absolute atomic E-state index is 6.65. The molecule has 1 aliphatic carbocycles. The minimum absolute atomic E-state index is 0.255. The molecule has 51 heavy (non-hydrogen) atoms. The normalized spacial score (nSPS) is 15.9. The highest BCUT2D eigenvalue weighted by atomic mass is 16.3. The first-order valence-corrected chi connectivity index (χ1v) is 17.6. The van der Waals surface area contributed by atoms with Gasteiger partial charge in [-0.05, 0) is 62.9 Å². The molecule has 2 aliphatic rings. The summed E-state index contributed by atoms with van der Waals surface area (Å²) in [6.07, 6.45) is -0.290. The van der Waals surface area contributed by atoms with Gasteiger partial charge in [0.15, 0.2) is 5.76 Å². The van der Waals surface area contributed by atoms with Crippen LogP contribution < -0.4 is 5.32 Å². The highest BCUT2D eigenvalue weighted by Crippen LogP contribution is 2.56. The Balaban J connectivity index is 1.13. The van der Waals surface area contributed by atoms with Crippen molar-refractivity contribution in [2.45, 2.75) is 25.4 Å². The molecule has 7 aromatic carbocycles. The molecule has 0 saturated carbocycles. The van der Waals surface area contributed by atoms with E-state index in [1.54, 1.807) is 0 Å². The fraction of sp³-hybridized carbons (Fsp3) is 0.0851. The summed E-state index contributed by atoms with van der Waals surface area (Å²) in [5, 5.41) is 9.57. The summed E-state index contributed by atoms with van der Waals surface area (Å²) in [5.41, 5.74) is 13.9. The number of nitrogens with one attached hydrogen (secondary N) is 1. The monoisotopic (exact) mass is 656 g/mol. The van der Waals surface area contributed by atoms with Crippen molar-refractivity contribution in [1.29, 1.82) is 0 Å². The molecule has 4 nitrogen and oxygen atoms in total. The molecule has 0 radical (unpaired) electrons. The van der Waals surface area contributed by atoms with Gasteiger partial charge in [0.2, 0.25) is 0 Å². The zero-order valence-corrected chi connectivity index (χ0v) is 28.2. The van der Waals surface area contributed by atoms with Crippen LogP contribution in [0.1, 0.15) is 48.0 Å². The third-order valence-electron chi connectivity index (χ3n) is 11.1. The van der Waals surface area contributed by atoms with Gasteiger partial charge in [0.05, 0.1) is 5.69 Å². The van der Waals surface area contributed by atoms with Crippen LogP contribution in [0.15, 0.2) is 159 Å². The Labute approximate surface area is 294 Å². The molecule has 0 spiro atoms. The van der Waals surface area contributed by atoms with E-state index in [1.807, 2.05) is 24.3 Å². The van der Waals surface area contributed by atoms with Gasteiger partial charge in [-0.25, -0.2) is 0 Å². The van der Waals surface area contributed by atoms with Crippen LogP contribution in [0, 0.1) is 0 Å². The Morgan fingerprint density at radius 3 is 2.12 bits per heavy atom. The van der Waals surface area contributed by atoms with Crippen LogP contribution in [0.2, 0.25) is 0 Å². The molecule has 3 heterocycles. The predicted molar refractivity (Wildman–Crippen MR) is 209 cm³/mol. The average molecular weight is 657 g/mol. The quantitative estimate of drug-likeness (QED) is 0.206. The first-order valence-electron chi connectivity index (χ1n) is 17.6. The Kier molecular flexibility index (Phi) is 5.75. The lowest BCUT2D eigenvalue weighted by Gasteiger charge is -2.26. The SMILES string of the molecule is CC1(C)c2cc(C3N=C(c4ccccc4)c4oc5ccccc5c4N3)ccc2-c2c1cc1ccccc1c2-c1cccc2c1oc1ccccc12. The zero-order valence-electron chi connectivity index (χ0n) is 28.2. The molecule has 0 saturated heterocycles. The number of aliphatic imine (C=N–C) groups is 1. The molecule has 4 heteroatoms. The van der Waals surface area contributed by atoms with E-state index in [0.717, 1.165) is 66.8 Å². The number of hydrogen-bond acceptors (Lipinski definition) is 4. The van der Waals surface area contributed by atoms with Crippen LogP contribution in [0.5, 0.6) is 0 Å². The fourth-order valence-electron chi connectivity index (χ4n) is 8.63. The van der Waals surface area contributed by atoms with Gasteiger partial charge in [-0.3, -0.25) is 4.99 Å². The highest BCUT2D eigenvalue weighted by Gasteiger charge is 2.39. The summed E-state index contributed by atoms with van der Waals surface area (Å²) in [5.74, 6) is 0.781. The van der Waals surface area contributed by atoms with Gasteiger partial charge < -0.3 is 14.2 Å².